The molecule has 1 aromatic carbocycles. The molecule has 4 N–H and O–H groups in total. The number of amides is 2. The quantitative estimate of drug-likeness (QED) is 0.686. The standard InChI is InChI=1S/C12H13F6N3O3S/c1-2-10(11(13,14)15,12(16,17)18)21-9(22)20-7-3-5-8(6-4-7)25(19,23)24/h3-6H,2H2,1H3,(H2,19,23,24)(H2,20,21,22). The number of nitrogens with one attached hydrogen (secondary N) is 2. The minimum absolute atomic E-state index is 0.237. The molecule has 6 nitrogen and oxygen atoms in total. The van der Waals surface area contributed by atoms with Crippen LogP contribution in [-0.2, 0) is 10.0 Å². The molecule has 0 aromatic heterocycles. The maximum atomic E-state index is 12.9. The predicted molar refractivity (Wildman–Crippen MR) is 75.1 cm³/mol. The van der Waals surface area contributed by atoms with E-state index in [9.17, 15) is 39.6 Å². The molecule has 0 aliphatic rings. The Labute approximate surface area is 138 Å². The number of halogens is 6. The summed E-state index contributed by atoms with van der Waals surface area (Å²) in [7, 11) is -4.05. The van der Waals surface area contributed by atoms with E-state index in [2.05, 4.69) is 0 Å². The minimum atomic E-state index is -5.78. The van der Waals surface area contributed by atoms with Crippen molar-refractivity contribution in [3.8, 4) is 0 Å². The van der Waals surface area contributed by atoms with E-state index in [0.29, 0.717) is 6.92 Å². The fourth-order valence-corrected chi connectivity index (χ4v) is 2.39. The van der Waals surface area contributed by atoms with E-state index < -0.39 is 40.4 Å². The summed E-state index contributed by atoms with van der Waals surface area (Å²) in [6, 6.07) is 1.99. The Bertz CT molecular complexity index is 714. The molecule has 0 aliphatic heterocycles. The zero-order chi connectivity index (χ0) is 19.7. The highest BCUT2D eigenvalue weighted by Crippen LogP contribution is 2.45. The highest BCUT2D eigenvalue weighted by molar-refractivity contribution is 7.89. The predicted octanol–water partition coefficient (Wildman–Crippen LogP) is 2.73. The van der Waals surface area contributed by atoms with Crippen molar-refractivity contribution in [3.63, 3.8) is 0 Å². The van der Waals surface area contributed by atoms with Crippen LogP contribution in [0, 0.1) is 0 Å². The number of benzene rings is 1. The van der Waals surface area contributed by atoms with Crippen molar-refractivity contribution in [1.82, 2.24) is 5.32 Å². The molecule has 0 spiro atoms. The van der Waals surface area contributed by atoms with Crippen molar-refractivity contribution < 1.29 is 39.6 Å². The summed E-state index contributed by atoms with van der Waals surface area (Å²) in [4.78, 5) is 11.2. The Hall–Kier alpha value is -2.02. The van der Waals surface area contributed by atoms with Crippen LogP contribution in [0.3, 0.4) is 0 Å². The molecule has 25 heavy (non-hydrogen) atoms. The lowest BCUT2D eigenvalue weighted by molar-refractivity contribution is -0.304. The van der Waals surface area contributed by atoms with Crippen LogP contribution >= 0.6 is 0 Å². The van der Waals surface area contributed by atoms with Crippen molar-refractivity contribution in [2.75, 3.05) is 5.32 Å². The summed E-state index contributed by atoms with van der Waals surface area (Å²) in [6.45, 7) is 0.627. The van der Waals surface area contributed by atoms with E-state index in [4.69, 9.17) is 5.14 Å². The molecule has 0 heterocycles. The molecule has 2 amide bonds. The molecule has 0 saturated heterocycles. The number of alkyl halides is 6. The van der Waals surface area contributed by atoms with Crippen molar-refractivity contribution in [2.45, 2.75) is 36.1 Å². The van der Waals surface area contributed by atoms with Gasteiger partial charge in [0.05, 0.1) is 4.90 Å². The van der Waals surface area contributed by atoms with Gasteiger partial charge in [0.25, 0.3) is 0 Å². The lowest BCUT2D eigenvalue weighted by Gasteiger charge is -2.37. The molecular weight excluding hydrogens is 380 g/mol. The van der Waals surface area contributed by atoms with Crippen LogP contribution in [0.4, 0.5) is 36.8 Å². The van der Waals surface area contributed by atoms with Gasteiger partial charge in [-0.05, 0) is 30.7 Å². The lowest BCUT2D eigenvalue weighted by Crippen LogP contribution is -2.67. The molecule has 0 fully saturated rings. The molecule has 0 unspecified atom stereocenters. The third-order valence-corrected chi connectivity index (χ3v) is 4.20. The van der Waals surface area contributed by atoms with E-state index in [-0.39, 0.29) is 10.6 Å². The first kappa shape index (κ1) is 21.0. The topological polar surface area (TPSA) is 101 Å². The number of urea groups is 1. The number of sulfonamides is 1. The van der Waals surface area contributed by atoms with Crippen LogP contribution in [0.2, 0.25) is 0 Å². The number of carbonyl (C=O) groups is 1. The van der Waals surface area contributed by atoms with Crippen LogP contribution in [0.15, 0.2) is 29.2 Å². The molecule has 0 bridgehead atoms. The van der Waals surface area contributed by atoms with Crippen LogP contribution < -0.4 is 15.8 Å². The third-order valence-electron chi connectivity index (χ3n) is 3.27. The highest BCUT2D eigenvalue weighted by Gasteiger charge is 2.70. The number of carbonyl (C=O) groups excluding carboxylic acids is 1. The van der Waals surface area contributed by atoms with Crippen LogP contribution in [-0.4, -0.2) is 32.3 Å². The van der Waals surface area contributed by atoms with Crippen molar-refractivity contribution in [1.29, 1.82) is 0 Å². The fourth-order valence-electron chi connectivity index (χ4n) is 1.88. The first-order valence-electron chi connectivity index (χ1n) is 6.49. The molecule has 0 saturated carbocycles. The van der Waals surface area contributed by atoms with E-state index in [1.54, 1.807) is 5.32 Å². The fraction of sp³-hybridized carbons (Fsp3) is 0.417. The van der Waals surface area contributed by atoms with Gasteiger partial charge in [0.15, 0.2) is 0 Å². The second-order valence-corrected chi connectivity index (χ2v) is 6.46. The molecule has 0 radical (unpaired) electrons. The van der Waals surface area contributed by atoms with E-state index in [0.717, 1.165) is 29.6 Å². The van der Waals surface area contributed by atoms with Gasteiger partial charge >= 0.3 is 18.4 Å². The number of rotatable bonds is 4. The first-order valence-corrected chi connectivity index (χ1v) is 8.04. The van der Waals surface area contributed by atoms with Gasteiger partial charge in [-0.15, -0.1) is 0 Å². The van der Waals surface area contributed by atoms with Gasteiger partial charge in [-0.1, -0.05) is 6.92 Å². The van der Waals surface area contributed by atoms with Gasteiger partial charge in [-0.3, -0.25) is 0 Å². The average Bonchev–Trinajstić information content (AvgIpc) is 2.41. The number of hydrogen-bond donors (Lipinski definition) is 3. The Balaban J connectivity index is 3.03. The summed E-state index contributed by atoms with van der Waals surface area (Å²) in [5.41, 5.74) is -4.66. The SMILES string of the molecule is CCC(NC(=O)Nc1ccc(S(N)(=O)=O)cc1)(C(F)(F)F)C(F)(F)F. The first-order chi connectivity index (χ1) is 11.1. The van der Waals surface area contributed by atoms with Crippen molar-refractivity contribution >= 4 is 21.7 Å². The Kier molecular flexibility index (Phi) is 5.64. The normalized spacial score (nSPS) is 13.4. The van der Waals surface area contributed by atoms with Gasteiger partial charge in [0.1, 0.15) is 0 Å². The van der Waals surface area contributed by atoms with Gasteiger partial charge < -0.3 is 10.6 Å². The number of primary sulfonamides is 1. The van der Waals surface area contributed by atoms with E-state index >= 15 is 0 Å². The summed E-state index contributed by atoms with van der Waals surface area (Å²) >= 11 is 0. The Morgan fingerprint density at radius 3 is 1.80 bits per heavy atom. The molecule has 0 aliphatic carbocycles. The second kappa shape index (κ2) is 6.71. The number of anilines is 1. The third kappa shape index (κ3) is 4.54. The second-order valence-electron chi connectivity index (χ2n) is 4.90. The minimum Gasteiger partial charge on any atom is -0.316 e. The Morgan fingerprint density at radius 1 is 1.04 bits per heavy atom. The van der Waals surface area contributed by atoms with E-state index in [1.807, 2.05) is 0 Å². The number of hydrogen-bond acceptors (Lipinski definition) is 3. The van der Waals surface area contributed by atoms with Crippen molar-refractivity contribution in [3.05, 3.63) is 24.3 Å². The summed E-state index contributed by atoms with van der Waals surface area (Å²) in [5, 5.41) is 7.51. The van der Waals surface area contributed by atoms with Gasteiger partial charge in [-0.2, -0.15) is 26.3 Å². The monoisotopic (exact) mass is 393 g/mol. The summed E-state index contributed by atoms with van der Waals surface area (Å²) < 4.78 is 99.6. The average molecular weight is 393 g/mol. The molecule has 0 atom stereocenters. The Morgan fingerprint density at radius 2 is 1.48 bits per heavy atom. The summed E-state index contributed by atoms with van der Waals surface area (Å²) in [6.07, 6.45) is -13.0. The summed E-state index contributed by atoms with van der Waals surface area (Å²) in [5.74, 6) is 0. The van der Waals surface area contributed by atoms with Gasteiger partial charge in [0, 0.05) is 5.69 Å². The van der Waals surface area contributed by atoms with Gasteiger partial charge in [0.2, 0.25) is 15.6 Å². The number of nitrogens with two attached hydrogens (primary N) is 1. The zero-order valence-corrected chi connectivity index (χ0v) is 13.3. The molecule has 13 heteroatoms. The van der Waals surface area contributed by atoms with Crippen LogP contribution in [0.25, 0.3) is 0 Å². The zero-order valence-electron chi connectivity index (χ0n) is 12.5. The smallest absolute Gasteiger partial charge is 0.316 e. The van der Waals surface area contributed by atoms with Crippen LogP contribution in [0.5, 0.6) is 0 Å². The molecular formula is C12H13F6N3O3S. The van der Waals surface area contributed by atoms with Crippen LogP contribution in [0.1, 0.15) is 13.3 Å². The lowest BCUT2D eigenvalue weighted by atomic mass is 9.94. The van der Waals surface area contributed by atoms with E-state index in [1.165, 1.54) is 0 Å². The van der Waals surface area contributed by atoms with Crippen molar-refractivity contribution in [2.24, 2.45) is 5.14 Å². The maximum Gasteiger partial charge on any atom is 0.420 e. The largest absolute Gasteiger partial charge is 0.420 e. The molecule has 1 rings (SSSR count). The molecule has 142 valence electrons. The van der Waals surface area contributed by atoms with Gasteiger partial charge in [-0.25, -0.2) is 18.4 Å². The molecule has 1 aromatic rings. The maximum absolute atomic E-state index is 12.9. The highest BCUT2D eigenvalue weighted by atomic mass is 32.2.